The average Bonchev–Trinajstić information content (AvgIpc) is 3.44. The van der Waals surface area contributed by atoms with Crippen LogP contribution in [0.1, 0.15) is 17.2 Å². The number of nitrogens with zero attached hydrogens (tertiary/aromatic N) is 2. The summed E-state index contributed by atoms with van der Waals surface area (Å²) in [4.78, 5) is 15.5. The molecule has 30 heavy (non-hydrogen) atoms. The summed E-state index contributed by atoms with van der Waals surface area (Å²) < 4.78 is 6.16. The van der Waals surface area contributed by atoms with E-state index in [9.17, 15) is 0 Å². The minimum absolute atomic E-state index is 0.529. The number of fused-ring (bicyclic) bond motifs is 6. The van der Waals surface area contributed by atoms with Gasteiger partial charge in [-0.15, -0.1) is 0 Å². The fourth-order valence-corrected chi connectivity index (χ4v) is 4.16. The van der Waals surface area contributed by atoms with Crippen molar-refractivity contribution in [3.8, 4) is 28.1 Å². The summed E-state index contributed by atoms with van der Waals surface area (Å²) >= 11 is 0. The van der Waals surface area contributed by atoms with Crippen molar-refractivity contribution in [2.24, 2.45) is 0 Å². The Bertz CT molecular complexity index is 1490. The van der Waals surface area contributed by atoms with Gasteiger partial charge in [0.15, 0.2) is 0 Å². The van der Waals surface area contributed by atoms with Gasteiger partial charge in [-0.2, -0.15) is 0 Å². The van der Waals surface area contributed by atoms with Gasteiger partial charge in [-0.1, -0.05) is 31.4 Å². The van der Waals surface area contributed by atoms with Crippen LogP contribution in [0.4, 0.5) is 0 Å². The molecular weight excluding hydrogens is 372 g/mol. The summed E-state index contributed by atoms with van der Waals surface area (Å²) in [6, 6.07) is 14.9. The zero-order valence-electron chi connectivity index (χ0n) is 16.2. The highest BCUT2D eigenvalue weighted by atomic mass is 16.5. The molecule has 3 aromatic carbocycles. The van der Waals surface area contributed by atoms with Gasteiger partial charge in [0, 0.05) is 10.9 Å². The number of benzene rings is 3. The van der Waals surface area contributed by atoms with Crippen molar-refractivity contribution in [1.29, 1.82) is 0 Å². The third-order valence-electron chi connectivity index (χ3n) is 5.66. The SMILES string of the molecule is C=Cc1ncc(-c2ccc3c(c2)COc2cc4c(ccc5nc(C=C)[nH]c54)cc2-3)[nH]1. The molecule has 1 aliphatic heterocycles. The number of H-pyrrole nitrogens is 2. The van der Waals surface area contributed by atoms with E-state index in [1.54, 1.807) is 12.2 Å². The van der Waals surface area contributed by atoms with E-state index in [2.05, 4.69) is 69.5 Å². The molecule has 5 nitrogen and oxygen atoms in total. The highest BCUT2D eigenvalue weighted by molar-refractivity contribution is 6.07. The molecule has 2 N–H and O–H groups in total. The summed E-state index contributed by atoms with van der Waals surface area (Å²) in [5, 5.41) is 2.24. The van der Waals surface area contributed by atoms with E-state index in [-0.39, 0.29) is 0 Å². The Morgan fingerprint density at radius 3 is 2.67 bits per heavy atom. The van der Waals surface area contributed by atoms with Crippen LogP contribution in [-0.4, -0.2) is 19.9 Å². The number of hydrogen-bond donors (Lipinski definition) is 2. The Morgan fingerprint density at radius 1 is 0.933 bits per heavy atom. The monoisotopic (exact) mass is 390 g/mol. The van der Waals surface area contributed by atoms with Crippen LogP contribution in [0, 0.1) is 0 Å². The van der Waals surface area contributed by atoms with Gasteiger partial charge in [-0.3, -0.25) is 0 Å². The number of ether oxygens (including phenoxy) is 1. The van der Waals surface area contributed by atoms with Crippen LogP contribution in [0.25, 0.3) is 56.3 Å². The lowest BCUT2D eigenvalue weighted by atomic mass is 9.92. The van der Waals surface area contributed by atoms with Crippen LogP contribution < -0.4 is 4.74 Å². The third-order valence-corrected chi connectivity index (χ3v) is 5.66. The maximum Gasteiger partial charge on any atom is 0.130 e. The first-order valence-corrected chi connectivity index (χ1v) is 9.76. The van der Waals surface area contributed by atoms with Gasteiger partial charge < -0.3 is 14.7 Å². The standard InChI is InChI=1S/C25H18N4O/c1-3-23-26-12-21(28-23)15-5-7-17-16(9-15)13-30-22-11-18-14(10-19(17)22)6-8-20-25(18)29-24(4-2)27-20/h3-12H,1-2,13H2,(H,26,28)(H,27,29). The van der Waals surface area contributed by atoms with Gasteiger partial charge in [0.1, 0.15) is 24.0 Å². The van der Waals surface area contributed by atoms with E-state index in [1.807, 2.05) is 12.3 Å². The highest BCUT2D eigenvalue weighted by Crippen LogP contribution is 2.42. The summed E-state index contributed by atoms with van der Waals surface area (Å²) in [6.07, 6.45) is 5.27. The van der Waals surface area contributed by atoms with Crippen molar-refractivity contribution in [2.75, 3.05) is 0 Å². The summed E-state index contributed by atoms with van der Waals surface area (Å²) in [5.41, 5.74) is 7.45. The lowest BCUT2D eigenvalue weighted by Crippen LogP contribution is -2.05. The number of nitrogens with one attached hydrogen (secondary N) is 2. The molecule has 3 heterocycles. The molecule has 1 aliphatic rings. The molecule has 0 saturated heterocycles. The topological polar surface area (TPSA) is 66.6 Å². The van der Waals surface area contributed by atoms with Crippen molar-refractivity contribution < 1.29 is 4.74 Å². The number of aromatic nitrogens is 4. The smallest absolute Gasteiger partial charge is 0.130 e. The second kappa shape index (κ2) is 6.19. The first kappa shape index (κ1) is 16.8. The van der Waals surface area contributed by atoms with Crippen LogP contribution >= 0.6 is 0 Å². The zero-order valence-corrected chi connectivity index (χ0v) is 16.2. The molecule has 0 amide bonds. The molecule has 0 spiro atoms. The molecule has 0 saturated carbocycles. The predicted octanol–water partition coefficient (Wildman–Crippen LogP) is 5.95. The van der Waals surface area contributed by atoms with Gasteiger partial charge in [-0.25, -0.2) is 9.97 Å². The van der Waals surface area contributed by atoms with Crippen LogP contribution in [0.2, 0.25) is 0 Å². The molecule has 0 bridgehead atoms. The minimum atomic E-state index is 0.529. The van der Waals surface area contributed by atoms with Gasteiger partial charge >= 0.3 is 0 Å². The first-order valence-electron chi connectivity index (χ1n) is 9.76. The molecule has 6 rings (SSSR count). The van der Waals surface area contributed by atoms with Crippen LogP contribution in [0.5, 0.6) is 5.75 Å². The quantitative estimate of drug-likeness (QED) is 0.400. The molecule has 144 valence electrons. The van der Waals surface area contributed by atoms with Crippen LogP contribution in [0.3, 0.4) is 0 Å². The van der Waals surface area contributed by atoms with E-state index in [0.717, 1.165) is 61.6 Å². The van der Waals surface area contributed by atoms with Crippen molar-refractivity contribution in [1.82, 2.24) is 19.9 Å². The fraction of sp³-hybridized carbons (Fsp3) is 0.0400. The number of hydrogen-bond acceptors (Lipinski definition) is 3. The van der Waals surface area contributed by atoms with E-state index in [1.165, 1.54) is 5.56 Å². The van der Waals surface area contributed by atoms with Crippen molar-refractivity contribution in [2.45, 2.75) is 6.61 Å². The maximum atomic E-state index is 6.16. The Hall–Kier alpha value is -4.12. The summed E-state index contributed by atoms with van der Waals surface area (Å²) in [6.45, 7) is 8.09. The highest BCUT2D eigenvalue weighted by Gasteiger charge is 2.20. The summed E-state index contributed by atoms with van der Waals surface area (Å²) in [5.74, 6) is 2.42. The molecule has 2 aromatic heterocycles. The predicted molar refractivity (Wildman–Crippen MR) is 121 cm³/mol. The van der Waals surface area contributed by atoms with Crippen molar-refractivity contribution >= 4 is 34.0 Å². The molecule has 5 heteroatoms. The fourth-order valence-electron chi connectivity index (χ4n) is 4.16. The van der Waals surface area contributed by atoms with Gasteiger partial charge in [0.2, 0.25) is 0 Å². The third kappa shape index (κ3) is 2.42. The van der Waals surface area contributed by atoms with Gasteiger partial charge in [0.05, 0.1) is 22.9 Å². The normalized spacial score (nSPS) is 12.4. The largest absolute Gasteiger partial charge is 0.488 e. The lowest BCUT2D eigenvalue weighted by Gasteiger charge is -2.22. The van der Waals surface area contributed by atoms with Crippen molar-refractivity contribution in [3.05, 3.63) is 79.0 Å². The van der Waals surface area contributed by atoms with Gasteiger partial charge in [-0.05, 0) is 58.5 Å². The lowest BCUT2D eigenvalue weighted by molar-refractivity contribution is 0.303. The molecule has 0 fully saturated rings. The van der Waals surface area contributed by atoms with Crippen LogP contribution in [0.15, 0.2) is 61.8 Å². The van der Waals surface area contributed by atoms with E-state index < -0.39 is 0 Å². The zero-order chi connectivity index (χ0) is 20.2. The Morgan fingerprint density at radius 2 is 1.83 bits per heavy atom. The average molecular weight is 390 g/mol. The molecule has 0 atom stereocenters. The second-order valence-corrected chi connectivity index (χ2v) is 7.40. The molecule has 5 aromatic rings. The second-order valence-electron chi connectivity index (χ2n) is 7.40. The number of aromatic amines is 2. The van der Waals surface area contributed by atoms with E-state index in [0.29, 0.717) is 6.61 Å². The molecular formula is C25H18N4O. The summed E-state index contributed by atoms with van der Waals surface area (Å²) in [7, 11) is 0. The molecule has 0 radical (unpaired) electrons. The van der Waals surface area contributed by atoms with Crippen LogP contribution in [-0.2, 0) is 6.61 Å². The Balaban J connectivity index is 1.50. The minimum Gasteiger partial charge on any atom is -0.488 e. The van der Waals surface area contributed by atoms with Crippen molar-refractivity contribution in [3.63, 3.8) is 0 Å². The van der Waals surface area contributed by atoms with E-state index >= 15 is 0 Å². The molecule has 0 unspecified atom stereocenters. The van der Waals surface area contributed by atoms with Gasteiger partial charge in [0.25, 0.3) is 0 Å². The number of imidazole rings is 2. The van der Waals surface area contributed by atoms with E-state index in [4.69, 9.17) is 4.74 Å². The molecule has 0 aliphatic carbocycles. The maximum absolute atomic E-state index is 6.16. The number of rotatable bonds is 3. The Kier molecular flexibility index (Phi) is 3.47. The first-order chi connectivity index (χ1) is 14.7. The Labute approximate surface area is 172 Å².